The Hall–Kier alpha value is -0.570. The molecule has 0 unspecified atom stereocenters. The second-order valence-corrected chi connectivity index (χ2v) is 5.89. The molecular formula is C14H26N2O. The molecule has 17 heavy (non-hydrogen) atoms. The zero-order valence-electron chi connectivity index (χ0n) is 10.8. The maximum atomic E-state index is 12.2. The lowest BCUT2D eigenvalue weighted by Crippen LogP contribution is -2.47. The lowest BCUT2D eigenvalue weighted by molar-refractivity contribution is -0.132. The van der Waals surface area contributed by atoms with Gasteiger partial charge in [0.1, 0.15) is 0 Å². The van der Waals surface area contributed by atoms with Gasteiger partial charge < -0.3 is 11.1 Å². The fourth-order valence-electron chi connectivity index (χ4n) is 2.94. The first-order valence-electron chi connectivity index (χ1n) is 7.25. The lowest BCUT2D eigenvalue weighted by Gasteiger charge is -2.34. The number of carbonyl (C=O) groups is 1. The second-order valence-electron chi connectivity index (χ2n) is 5.89. The second kappa shape index (κ2) is 5.85. The molecule has 0 aromatic carbocycles. The van der Waals surface area contributed by atoms with Crippen LogP contribution in [0, 0.1) is 11.3 Å². The van der Waals surface area contributed by atoms with E-state index in [1.807, 2.05) is 0 Å². The standard InChI is InChI=1S/C14H26N2O/c15-11-14(8-2-1-3-9-14)13(17)16-10-4-5-12-6-7-12/h12H,1-11,15H2,(H,16,17). The van der Waals surface area contributed by atoms with Crippen LogP contribution in [-0.2, 0) is 4.79 Å². The van der Waals surface area contributed by atoms with Gasteiger partial charge in [0.2, 0.25) is 5.91 Å². The number of carbonyl (C=O) groups excluding carboxylic acids is 1. The van der Waals surface area contributed by atoms with Gasteiger partial charge in [-0.3, -0.25) is 4.79 Å². The molecule has 3 N–H and O–H groups in total. The van der Waals surface area contributed by atoms with E-state index in [2.05, 4.69) is 5.32 Å². The number of nitrogens with two attached hydrogens (primary N) is 1. The van der Waals surface area contributed by atoms with E-state index < -0.39 is 0 Å². The van der Waals surface area contributed by atoms with Crippen molar-refractivity contribution in [3.8, 4) is 0 Å². The van der Waals surface area contributed by atoms with Crippen molar-refractivity contribution in [3.63, 3.8) is 0 Å². The smallest absolute Gasteiger partial charge is 0.227 e. The quantitative estimate of drug-likeness (QED) is 0.697. The normalized spacial score (nSPS) is 23.4. The fourth-order valence-corrected chi connectivity index (χ4v) is 2.94. The van der Waals surface area contributed by atoms with Crippen molar-refractivity contribution in [1.29, 1.82) is 0 Å². The third kappa shape index (κ3) is 3.44. The molecule has 0 bridgehead atoms. The third-order valence-corrected chi connectivity index (χ3v) is 4.45. The molecule has 0 heterocycles. The number of rotatable bonds is 6. The van der Waals surface area contributed by atoms with Crippen molar-refractivity contribution in [3.05, 3.63) is 0 Å². The predicted molar refractivity (Wildman–Crippen MR) is 69.5 cm³/mol. The van der Waals surface area contributed by atoms with E-state index in [0.29, 0.717) is 6.54 Å². The molecule has 2 rings (SSSR count). The summed E-state index contributed by atoms with van der Waals surface area (Å²) in [6, 6.07) is 0. The Morgan fingerprint density at radius 2 is 1.94 bits per heavy atom. The average molecular weight is 238 g/mol. The van der Waals surface area contributed by atoms with Crippen LogP contribution in [0.4, 0.5) is 0 Å². The van der Waals surface area contributed by atoms with Crippen molar-refractivity contribution in [2.75, 3.05) is 13.1 Å². The summed E-state index contributed by atoms with van der Waals surface area (Å²) in [5, 5.41) is 3.11. The SMILES string of the molecule is NCC1(C(=O)NCCCC2CC2)CCCCC1. The van der Waals surface area contributed by atoms with Gasteiger partial charge in [0.25, 0.3) is 0 Å². The van der Waals surface area contributed by atoms with Gasteiger partial charge in [0, 0.05) is 13.1 Å². The minimum atomic E-state index is -0.238. The molecule has 2 saturated carbocycles. The van der Waals surface area contributed by atoms with E-state index >= 15 is 0 Å². The fraction of sp³-hybridized carbons (Fsp3) is 0.929. The lowest BCUT2D eigenvalue weighted by atomic mass is 9.73. The summed E-state index contributed by atoms with van der Waals surface area (Å²) in [5.41, 5.74) is 5.60. The van der Waals surface area contributed by atoms with Gasteiger partial charge in [-0.25, -0.2) is 0 Å². The van der Waals surface area contributed by atoms with Crippen LogP contribution in [0.2, 0.25) is 0 Å². The first kappa shape index (κ1) is 12.9. The molecule has 0 spiro atoms. The third-order valence-electron chi connectivity index (χ3n) is 4.45. The first-order chi connectivity index (χ1) is 8.27. The van der Waals surface area contributed by atoms with Gasteiger partial charge >= 0.3 is 0 Å². The predicted octanol–water partition coefficient (Wildman–Crippen LogP) is 2.20. The van der Waals surface area contributed by atoms with Crippen LogP contribution in [-0.4, -0.2) is 19.0 Å². The Balaban J connectivity index is 1.71. The van der Waals surface area contributed by atoms with E-state index in [1.54, 1.807) is 0 Å². The molecule has 0 aromatic heterocycles. The monoisotopic (exact) mass is 238 g/mol. The van der Waals surface area contributed by atoms with E-state index in [4.69, 9.17) is 5.73 Å². The molecule has 0 atom stereocenters. The number of amides is 1. The molecule has 98 valence electrons. The summed E-state index contributed by atoms with van der Waals surface area (Å²) >= 11 is 0. The Morgan fingerprint density at radius 1 is 1.24 bits per heavy atom. The van der Waals surface area contributed by atoms with Gasteiger partial charge in [-0.2, -0.15) is 0 Å². The van der Waals surface area contributed by atoms with Crippen molar-refractivity contribution in [2.24, 2.45) is 17.1 Å². The van der Waals surface area contributed by atoms with E-state index in [1.165, 1.54) is 25.7 Å². The molecule has 3 nitrogen and oxygen atoms in total. The summed E-state index contributed by atoms with van der Waals surface area (Å²) in [7, 11) is 0. The minimum Gasteiger partial charge on any atom is -0.356 e. The topological polar surface area (TPSA) is 55.1 Å². The highest BCUT2D eigenvalue weighted by atomic mass is 16.2. The van der Waals surface area contributed by atoms with Gasteiger partial charge in [0.15, 0.2) is 0 Å². The largest absolute Gasteiger partial charge is 0.356 e. The molecule has 3 heteroatoms. The van der Waals surface area contributed by atoms with E-state index in [0.717, 1.165) is 44.6 Å². The van der Waals surface area contributed by atoms with E-state index in [9.17, 15) is 4.79 Å². The number of hydrogen-bond donors (Lipinski definition) is 2. The van der Waals surface area contributed by atoms with Gasteiger partial charge in [-0.05, 0) is 31.6 Å². The highest BCUT2D eigenvalue weighted by Gasteiger charge is 2.37. The van der Waals surface area contributed by atoms with Crippen LogP contribution in [0.3, 0.4) is 0 Å². The Kier molecular flexibility index (Phi) is 4.43. The summed E-state index contributed by atoms with van der Waals surface area (Å²) in [6.07, 6.45) is 10.8. The highest BCUT2D eigenvalue weighted by Crippen LogP contribution is 2.36. The average Bonchev–Trinajstić information content (AvgIpc) is 3.19. The zero-order chi connectivity index (χ0) is 12.1. The summed E-state index contributed by atoms with van der Waals surface area (Å²) < 4.78 is 0. The van der Waals surface area contributed by atoms with Crippen LogP contribution in [0.5, 0.6) is 0 Å². The van der Waals surface area contributed by atoms with Gasteiger partial charge in [-0.15, -0.1) is 0 Å². The Bertz CT molecular complexity index is 255. The Morgan fingerprint density at radius 3 is 2.53 bits per heavy atom. The first-order valence-corrected chi connectivity index (χ1v) is 7.25. The molecule has 2 aliphatic rings. The molecule has 2 aliphatic carbocycles. The maximum absolute atomic E-state index is 12.2. The van der Waals surface area contributed by atoms with Crippen molar-refractivity contribution >= 4 is 5.91 Å². The maximum Gasteiger partial charge on any atom is 0.227 e. The Labute approximate surface area is 105 Å². The van der Waals surface area contributed by atoms with Crippen LogP contribution >= 0.6 is 0 Å². The number of hydrogen-bond acceptors (Lipinski definition) is 2. The van der Waals surface area contributed by atoms with Gasteiger partial charge in [-0.1, -0.05) is 32.1 Å². The summed E-state index contributed by atoms with van der Waals surface area (Å²) in [4.78, 5) is 12.2. The molecule has 2 fully saturated rings. The van der Waals surface area contributed by atoms with Crippen molar-refractivity contribution in [2.45, 2.75) is 57.8 Å². The molecule has 0 radical (unpaired) electrons. The molecule has 1 amide bonds. The van der Waals surface area contributed by atoms with Crippen LogP contribution in [0.1, 0.15) is 57.8 Å². The van der Waals surface area contributed by atoms with Crippen molar-refractivity contribution < 1.29 is 4.79 Å². The van der Waals surface area contributed by atoms with Crippen LogP contribution in [0.25, 0.3) is 0 Å². The summed E-state index contributed by atoms with van der Waals surface area (Å²) in [6.45, 7) is 1.36. The molecule has 0 aliphatic heterocycles. The molecule has 0 saturated heterocycles. The van der Waals surface area contributed by atoms with E-state index in [-0.39, 0.29) is 11.3 Å². The molecular weight excluding hydrogens is 212 g/mol. The van der Waals surface area contributed by atoms with Crippen molar-refractivity contribution in [1.82, 2.24) is 5.32 Å². The summed E-state index contributed by atoms with van der Waals surface area (Å²) in [5.74, 6) is 1.18. The van der Waals surface area contributed by atoms with Crippen LogP contribution < -0.4 is 11.1 Å². The minimum absolute atomic E-state index is 0.218. The van der Waals surface area contributed by atoms with Crippen LogP contribution in [0.15, 0.2) is 0 Å². The van der Waals surface area contributed by atoms with Gasteiger partial charge in [0.05, 0.1) is 5.41 Å². The zero-order valence-corrected chi connectivity index (χ0v) is 10.8. The highest BCUT2D eigenvalue weighted by molar-refractivity contribution is 5.82. The number of nitrogens with one attached hydrogen (secondary N) is 1. The molecule has 0 aromatic rings.